The van der Waals surface area contributed by atoms with E-state index in [-0.39, 0.29) is 12.3 Å². The second-order valence-electron chi connectivity index (χ2n) is 4.46. The van der Waals surface area contributed by atoms with Crippen LogP contribution in [0.1, 0.15) is 0 Å². The average Bonchev–Trinajstić information content (AvgIpc) is 2.48. The lowest BCUT2D eigenvalue weighted by atomic mass is 10.3. The van der Waals surface area contributed by atoms with Crippen molar-refractivity contribution in [3.8, 4) is 5.75 Å². The van der Waals surface area contributed by atoms with E-state index in [1.54, 1.807) is 0 Å². The predicted molar refractivity (Wildman–Crippen MR) is 78.3 cm³/mol. The lowest BCUT2D eigenvalue weighted by Gasteiger charge is -2.10. The summed E-state index contributed by atoms with van der Waals surface area (Å²) in [5, 5.41) is 0. The highest BCUT2D eigenvalue weighted by molar-refractivity contribution is 7.92. The lowest BCUT2D eigenvalue weighted by molar-refractivity contribution is -0.119. The van der Waals surface area contributed by atoms with Gasteiger partial charge in [-0.25, -0.2) is 17.2 Å². The van der Waals surface area contributed by atoms with Crippen LogP contribution in [-0.4, -0.2) is 20.9 Å². The standard InChI is InChI=1S/C14H12F2N2O4S/c15-9-1-6-12(16)13(7-9)23(20,21)18-10-2-4-11(5-3-10)22-8-14(17)19/h1-7,18H,8H2,(H2,17,19). The van der Waals surface area contributed by atoms with Crippen molar-refractivity contribution < 1.29 is 26.7 Å². The molecular formula is C14H12F2N2O4S. The number of hydrogen-bond donors (Lipinski definition) is 2. The van der Waals surface area contributed by atoms with Crippen molar-refractivity contribution in [2.24, 2.45) is 5.73 Å². The van der Waals surface area contributed by atoms with E-state index in [9.17, 15) is 22.0 Å². The molecular weight excluding hydrogens is 330 g/mol. The van der Waals surface area contributed by atoms with Crippen molar-refractivity contribution in [1.29, 1.82) is 0 Å². The molecule has 1 amide bonds. The summed E-state index contributed by atoms with van der Waals surface area (Å²) < 4.78 is 57.9. The first-order chi connectivity index (χ1) is 10.8. The SMILES string of the molecule is NC(=O)COc1ccc(NS(=O)(=O)c2cc(F)ccc2F)cc1. The lowest BCUT2D eigenvalue weighted by Crippen LogP contribution is -2.20. The minimum atomic E-state index is -4.29. The second-order valence-corrected chi connectivity index (χ2v) is 6.11. The van der Waals surface area contributed by atoms with E-state index < -0.39 is 32.5 Å². The van der Waals surface area contributed by atoms with Gasteiger partial charge in [-0.3, -0.25) is 9.52 Å². The second kappa shape index (κ2) is 6.61. The number of hydrogen-bond acceptors (Lipinski definition) is 4. The summed E-state index contributed by atoms with van der Waals surface area (Å²) in [6, 6.07) is 7.59. The Balaban J connectivity index is 2.17. The van der Waals surface area contributed by atoms with Gasteiger partial charge in [0.25, 0.3) is 15.9 Å². The Hall–Kier alpha value is -2.68. The van der Waals surface area contributed by atoms with Crippen LogP contribution < -0.4 is 15.2 Å². The molecule has 2 rings (SSSR count). The van der Waals surface area contributed by atoms with Crippen molar-refractivity contribution in [3.63, 3.8) is 0 Å². The van der Waals surface area contributed by atoms with Gasteiger partial charge >= 0.3 is 0 Å². The van der Waals surface area contributed by atoms with Crippen LogP contribution in [0.3, 0.4) is 0 Å². The van der Waals surface area contributed by atoms with E-state index >= 15 is 0 Å². The number of primary amides is 1. The van der Waals surface area contributed by atoms with E-state index in [1.165, 1.54) is 24.3 Å². The number of ether oxygens (including phenoxy) is 1. The van der Waals surface area contributed by atoms with Crippen LogP contribution in [0.5, 0.6) is 5.75 Å². The number of anilines is 1. The number of nitrogens with one attached hydrogen (secondary N) is 1. The Bertz CT molecular complexity index is 823. The molecule has 0 saturated carbocycles. The van der Waals surface area contributed by atoms with Crippen molar-refractivity contribution >= 4 is 21.6 Å². The smallest absolute Gasteiger partial charge is 0.264 e. The van der Waals surface area contributed by atoms with Crippen LogP contribution in [0.15, 0.2) is 47.4 Å². The molecule has 0 saturated heterocycles. The van der Waals surface area contributed by atoms with Crippen LogP contribution in [0, 0.1) is 11.6 Å². The van der Waals surface area contributed by atoms with E-state index in [1.807, 2.05) is 0 Å². The molecule has 0 unspecified atom stereocenters. The molecule has 0 aliphatic rings. The number of benzene rings is 2. The average molecular weight is 342 g/mol. The Labute approximate surface area is 130 Å². The van der Waals surface area contributed by atoms with E-state index in [4.69, 9.17) is 10.5 Å². The van der Waals surface area contributed by atoms with Gasteiger partial charge in [-0.2, -0.15) is 0 Å². The summed E-state index contributed by atoms with van der Waals surface area (Å²) >= 11 is 0. The maximum atomic E-state index is 13.6. The largest absolute Gasteiger partial charge is 0.484 e. The van der Waals surface area contributed by atoms with Gasteiger partial charge in [0, 0.05) is 5.69 Å². The van der Waals surface area contributed by atoms with E-state index in [0.717, 1.165) is 12.1 Å². The molecule has 0 atom stereocenters. The number of sulfonamides is 1. The van der Waals surface area contributed by atoms with Gasteiger partial charge in [-0.1, -0.05) is 0 Å². The zero-order valence-electron chi connectivity index (χ0n) is 11.6. The van der Waals surface area contributed by atoms with Gasteiger partial charge in [0.1, 0.15) is 22.3 Å². The molecule has 0 aliphatic carbocycles. The Morgan fingerprint density at radius 1 is 1.13 bits per heavy atom. The van der Waals surface area contributed by atoms with Gasteiger partial charge in [0.05, 0.1) is 0 Å². The molecule has 0 aromatic heterocycles. The molecule has 3 N–H and O–H groups in total. The molecule has 0 spiro atoms. The Kier molecular flexibility index (Phi) is 4.80. The zero-order valence-corrected chi connectivity index (χ0v) is 12.4. The van der Waals surface area contributed by atoms with Crippen LogP contribution in [0.25, 0.3) is 0 Å². The van der Waals surface area contributed by atoms with Crippen molar-refractivity contribution in [2.45, 2.75) is 4.90 Å². The summed E-state index contributed by atoms with van der Waals surface area (Å²) in [5.41, 5.74) is 5.03. The summed E-state index contributed by atoms with van der Waals surface area (Å²) in [7, 11) is -4.29. The van der Waals surface area contributed by atoms with E-state index in [2.05, 4.69) is 4.72 Å². The number of rotatable bonds is 6. The number of carbonyl (C=O) groups is 1. The number of nitrogens with two attached hydrogens (primary N) is 1. The highest BCUT2D eigenvalue weighted by Gasteiger charge is 2.20. The minimum Gasteiger partial charge on any atom is -0.484 e. The first-order valence-electron chi connectivity index (χ1n) is 6.27. The van der Waals surface area contributed by atoms with Gasteiger partial charge in [-0.05, 0) is 42.5 Å². The summed E-state index contributed by atoms with van der Waals surface area (Å²) in [4.78, 5) is 9.78. The van der Waals surface area contributed by atoms with Crippen molar-refractivity contribution in [3.05, 3.63) is 54.1 Å². The molecule has 0 heterocycles. The fraction of sp³-hybridized carbons (Fsp3) is 0.0714. The molecule has 6 nitrogen and oxygen atoms in total. The van der Waals surface area contributed by atoms with Crippen LogP contribution >= 0.6 is 0 Å². The molecule has 0 aliphatic heterocycles. The fourth-order valence-corrected chi connectivity index (χ4v) is 2.82. The third kappa shape index (κ3) is 4.39. The molecule has 9 heteroatoms. The van der Waals surface area contributed by atoms with Crippen LogP contribution in [0.4, 0.5) is 14.5 Å². The van der Waals surface area contributed by atoms with Gasteiger partial charge < -0.3 is 10.5 Å². The number of carbonyl (C=O) groups excluding carboxylic acids is 1. The predicted octanol–water partition coefficient (Wildman–Crippen LogP) is 1.63. The molecule has 122 valence electrons. The molecule has 23 heavy (non-hydrogen) atoms. The first kappa shape index (κ1) is 16.7. The van der Waals surface area contributed by atoms with E-state index in [0.29, 0.717) is 11.8 Å². The molecule has 0 fully saturated rings. The normalized spacial score (nSPS) is 11.0. The summed E-state index contributed by atoms with van der Waals surface area (Å²) in [6.07, 6.45) is 0. The summed E-state index contributed by atoms with van der Waals surface area (Å²) in [5.74, 6) is -2.30. The highest BCUT2D eigenvalue weighted by Crippen LogP contribution is 2.21. The maximum Gasteiger partial charge on any atom is 0.264 e. The first-order valence-corrected chi connectivity index (χ1v) is 7.75. The number of halogens is 2. The maximum absolute atomic E-state index is 13.6. The molecule has 0 bridgehead atoms. The highest BCUT2D eigenvalue weighted by atomic mass is 32.2. The molecule has 0 radical (unpaired) electrons. The monoisotopic (exact) mass is 342 g/mol. The Morgan fingerprint density at radius 2 is 1.78 bits per heavy atom. The third-order valence-corrected chi connectivity index (χ3v) is 4.07. The van der Waals surface area contributed by atoms with Gasteiger partial charge in [0.2, 0.25) is 0 Å². The van der Waals surface area contributed by atoms with Crippen LogP contribution in [-0.2, 0) is 14.8 Å². The molecule has 2 aromatic carbocycles. The van der Waals surface area contributed by atoms with Gasteiger partial charge in [0.15, 0.2) is 6.61 Å². The quantitative estimate of drug-likeness (QED) is 0.833. The van der Waals surface area contributed by atoms with Crippen LogP contribution in [0.2, 0.25) is 0 Å². The van der Waals surface area contributed by atoms with Crippen molar-refractivity contribution in [1.82, 2.24) is 0 Å². The van der Waals surface area contributed by atoms with Gasteiger partial charge in [-0.15, -0.1) is 0 Å². The topological polar surface area (TPSA) is 98.5 Å². The number of amides is 1. The molecule has 2 aromatic rings. The van der Waals surface area contributed by atoms with Crippen molar-refractivity contribution in [2.75, 3.05) is 11.3 Å². The third-order valence-electron chi connectivity index (χ3n) is 2.67. The fourth-order valence-electron chi connectivity index (χ4n) is 1.67. The minimum absolute atomic E-state index is 0.111. The summed E-state index contributed by atoms with van der Waals surface area (Å²) in [6.45, 7) is -0.320. The Morgan fingerprint density at radius 3 is 2.39 bits per heavy atom. The zero-order chi connectivity index (χ0) is 17.0.